The van der Waals surface area contributed by atoms with Gasteiger partial charge in [-0.1, -0.05) is 33.8 Å². The molecule has 334 valence electrons. The second kappa shape index (κ2) is 16.6. The SMILES string of the molecule is C/C=C(\C)C(=O)O[C@@H]1[C@@H](OC(=O)[C@H](C)CC)[C@@H]2[C@@]3(C)CC[C@H](O[C@H]4C[C@@H](OC)[C@H](O[C@@H]5O[C@H](C)[C@@H](O)[C@@H](OC)[C@H]5O)[C@@H](C)O4)C[C@@H]3CC[C@]23O[C@@]32CC[C@@H](C(C)=O)[C@@]12C. The van der Waals surface area contributed by atoms with Crippen molar-refractivity contribution in [3.05, 3.63) is 11.6 Å². The van der Waals surface area contributed by atoms with Gasteiger partial charge in [0.05, 0.1) is 30.3 Å². The lowest BCUT2D eigenvalue weighted by atomic mass is 9.43. The van der Waals surface area contributed by atoms with Crippen LogP contribution in [0.5, 0.6) is 0 Å². The Kier molecular flexibility index (Phi) is 12.7. The second-order valence-corrected chi connectivity index (χ2v) is 19.3. The van der Waals surface area contributed by atoms with Crippen molar-refractivity contribution in [2.24, 2.45) is 34.5 Å². The topological polar surface area (TPSA) is 178 Å². The zero-order chi connectivity index (χ0) is 43.0. The fraction of sp³-hybridized carbons (Fsp3) is 0.889. The number of hydrogen-bond donors (Lipinski definition) is 2. The maximum atomic E-state index is 13.9. The first kappa shape index (κ1) is 45.0. The van der Waals surface area contributed by atoms with Gasteiger partial charge in [0.25, 0.3) is 0 Å². The maximum Gasteiger partial charge on any atom is 0.333 e. The van der Waals surface area contributed by atoms with E-state index in [0.717, 1.165) is 32.1 Å². The normalized spacial score (nSPS) is 49.7. The van der Waals surface area contributed by atoms with Crippen molar-refractivity contribution in [2.75, 3.05) is 14.2 Å². The van der Waals surface area contributed by atoms with Crippen molar-refractivity contribution in [2.45, 2.75) is 205 Å². The minimum atomic E-state index is -1.22. The molecule has 0 aromatic heterocycles. The summed E-state index contributed by atoms with van der Waals surface area (Å²) in [7, 11) is 3.04. The van der Waals surface area contributed by atoms with E-state index in [4.69, 9.17) is 42.6 Å². The second-order valence-electron chi connectivity index (χ2n) is 19.3. The number of aliphatic hydroxyl groups is 2. The lowest BCUT2D eigenvalue weighted by molar-refractivity contribution is -0.343. The van der Waals surface area contributed by atoms with Gasteiger partial charge in [-0.05, 0) is 97.3 Å². The average molecular weight is 835 g/mol. The number of epoxide rings is 1. The highest BCUT2D eigenvalue weighted by Crippen LogP contribution is 2.81. The standard InChI is InChI=1S/C45H70O14/c1-12-22(3)39(49)56-36-37-42(8)17-15-28(55-31-21-30(51-10)34(26(7)53-31)57-41-33(48)35(52-11)32(47)25(6)54-41)20-27(42)14-18-44(37)45(59-44)19-16-29(24(5)46)43(45,9)38(36)58-40(50)23(4)13-2/h13,22,25-38,41,47-48H,12,14-21H2,1-11H3/b23-13+/t22-,25-,26-,27+,28+,29+,30-,31+,32-,33-,34-,35-,36+,37-,38-,41+,42+,43+,44+,45-/m1/s1. The Hall–Kier alpha value is -2.01. The van der Waals surface area contributed by atoms with E-state index >= 15 is 0 Å². The molecule has 2 spiro atoms. The fourth-order valence-corrected chi connectivity index (χ4v) is 12.9. The summed E-state index contributed by atoms with van der Waals surface area (Å²) >= 11 is 0. The molecule has 0 amide bonds. The Morgan fingerprint density at radius 1 is 0.864 bits per heavy atom. The molecule has 0 radical (unpaired) electrons. The third kappa shape index (κ3) is 7.06. The minimum absolute atomic E-state index is 0.0313. The smallest absolute Gasteiger partial charge is 0.333 e. The van der Waals surface area contributed by atoms with Crippen LogP contribution in [-0.4, -0.2) is 127 Å². The number of esters is 2. The molecule has 0 unspecified atom stereocenters. The molecule has 0 aromatic rings. The number of hydrogen-bond acceptors (Lipinski definition) is 14. The van der Waals surface area contributed by atoms with Crippen LogP contribution < -0.4 is 0 Å². The Labute approximate surface area is 349 Å². The number of ketones is 1. The summed E-state index contributed by atoms with van der Waals surface area (Å²) in [6.45, 7) is 16.9. The van der Waals surface area contributed by atoms with Gasteiger partial charge in [0, 0.05) is 43.5 Å². The first-order valence-corrected chi connectivity index (χ1v) is 22.2. The van der Waals surface area contributed by atoms with E-state index in [1.54, 1.807) is 40.9 Å². The van der Waals surface area contributed by atoms with Crippen LogP contribution in [0, 0.1) is 34.5 Å². The molecule has 3 saturated heterocycles. The van der Waals surface area contributed by atoms with Gasteiger partial charge in [0.1, 0.15) is 53.6 Å². The predicted molar refractivity (Wildman–Crippen MR) is 212 cm³/mol. The number of methoxy groups -OCH3 is 2. The van der Waals surface area contributed by atoms with Crippen LogP contribution in [-0.2, 0) is 57.0 Å². The fourth-order valence-electron chi connectivity index (χ4n) is 12.9. The van der Waals surface area contributed by atoms with Gasteiger partial charge >= 0.3 is 11.9 Å². The Morgan fingerprint density at radius 3 is 2.24 bits per heavy atom. The van der Waals surface area contributed by atoms with Gasteiger partial charge in [0.2, 0.25) is 0 Å². The summed E-state index contributed by atoms with van der Waals surface area (Å²) in [5.41, 5.74) is -2.10. The molecule has 4 aliphatic carbocycles. The molecule has 14 nitrogen and oxygen atoms in total. The van der Waals surface area contributed by atoms with Gasteiger partial charge < -0.3 is 52.8 Å². The highest BCUT2D eigenvalue weighted by molar-refractivity contribution is 5.88. The molecule has 7 rings (SSSR count). The number of fused-ring (bicyclic) bond motifs is 2. The third-order valence-corrected chi connectivity index (χ3v) is 16.5. The molecule has 14 heteroatoms. The van der Waals surface area contributed by atoms with Crippen LogP contribution in [0.2, 0.25) is 0 Å². The maximum absolute atomic E-state index is 13.9. The van der Waals surface area contributed by atoms with Crippen molar-refractivity contribution < 1.29 is 67.2 Å². The van der Waals surface area contributed by atoms with E-state index in [1.165, 1.54) is 7.11 Å². The van der Waals surface area contributed by atoms with E-state index in [-0.39, 0.29) is 41.0 Å². The van der Waals surface area contributed by atoms with Crippen molar-refractivity contribution in [3.63, 3.8) is 0 Å². The summed E-state index contributed by atoms with van der Waals surface area (Å²) in [6, 6.07) is 0. The molecule has 0 bridgehead atoms. The molecule has 7 fully saturated rings. The molecule has 0 aromatic carbocycles. The number of aliphatic hydroxyl groups excluding tert-OH is 2. The lowest BCUT2D eigenvalue weighted by Gasteiger charge is -2.61. The zero-order valence-corrected chi connectivity index (χ0v) is 37.0. The number of carbonyl (C=O) groups excluding carboxylic acids is 3. The van der Waals surface area contributed by atoms with Crippen LogP contribution in [0.1, 0.15) is 120 Å². The van der Waals surface area contributed by atoms with Gasteiger partial charge in [-0.2, -0.15) is 0 Å². The summed E-state index contributed by atoms with van der Waals surface area (Å²) < 4.78 is 57.1. The van der Waals surface area contributed by atoms with Gasteiger partial charge in [0.15, 0.2) is 12.6 Å². The number of allylic oxidation sites excluding steroid dienone is 1. The van der Waals surface area contributed by atoms with Crippen molar-refractivity contribution in [1.82, 2.24) is 0 Å². The number of Topliss-reactive ketones (excluding diaryl/α,β-unsaturated/α-hetero) is 1. The van der Waals surface area contributed by atoms with Gasteiger partial charge in [-0.3, -0.25) is 9.59 Å². The molecule has 2 N–H and O–H groups in total. The molecular weight excluding hydrogens is 764 g/mol. The predicted octanol–water partition coefficient (Wildman–Crippen LogP) is 4.97. The van der Waals surface area contributed by atoms with Crippen molar-refractivity contribution >= 4 is 17.7 Å². The zero-order valence-electron chi connectivity index (χ0n) is 37.0. The Bertz CT molecular complexity index is 1620. The highest BCUT2D eigenvalue weighted by Gasteiger charge is 2.91. The lowest BCUT2D eigenvalue weighted by Crippen LogP contribution is -2.71. The monoisotopic (exact) mass is 834 g/mol. The van der Waals surface area contributed by atoms with Crippen molar-refractivity contribution in [1.29, 1.82) is 0 Å². The average Bonchev–Trinajstić information content (AvgIpc) is 3.75. The molecule has 59 heavy (non-hydrogen) atoms. The first-order chi connectivity index (χ1) is 27.9. The summed E-state index contributed by atoms with van der Waals surface area (Å²) in [5, 5.41) is 21.4. The van der Waals surface area contributed by atoms with E-state index in [2.05, 4.69) is 6.92 Å². The number of carbonyl (C=O) groups is 3. The Morgan fingerprint density at radius 2 is 1.59 bits per heavy atom. The van der Waals surface area contributed by atoms with E-state index in [1.807, 2.05) is 27.7 Å². The summed E-state index contributed by atoms with van der Waals surface area (Å²) in [6.07, 6.45) is -0.762. The van der Waals surface area contributed by atoms with Crippen LogP contribution in [0.25, 0.3) is 0 Å². The minimum Gasteiger partial charge on any atom is -0.458 e. The van der Waals surface area contributed by atoms with E-state index in [0.29, 0.717) is 31.3 Å². The van der Waals surface area contributed by atoms with E-state index in [9.17, 15) is 24.6 Å². The highest BCUT2D eigenvalue weighted by atomic mass is 16.7. The molecular formula is C45H70O14. The largest absolute Gasteiger partial charge is 0.458 e. The van der Waals surface area contributed by atoms with Crippen LogP contribution in [0.3, 0.4) is 0 Å². The van der Waals surface area contributed by atoms with Crippen LogP contribution in [0.4, 0.5) is 0 Å². The summed E-state index contributed by atoms with van der Waals surface area (Å²) in [4.78, 5) is 41.1. The number of ether oxygens (including phenoxy) is 9. The molecule has 3 aliphatic heterocycles. The molecule has 3 heterocycles. The quantitative estimate of drug-likeness (QED) is 0.117. The number of rotatable bonds is 12. The first-order valence-electron chi connectivity index (χ1n) is 22.2. The summed E-state index contributed by atoms with van der Waals surface area (Å²) in [5.74, 6) is -1.65. The molecule has 4 saturated carbocycles. The third-order valence-electron chi connectivity index (χ3n) is 16.5. The Balaban J connectivity index is 1.12. The van der Waals surface area contributed by atoms with E-state index < -0.39 is 96.0 Å². The van der Waals surface area contributed by atoms with Gasteiger partial charge in [-0.15, -0.1) is 0 Å². The molecule has 20 atom stereocenters. The van der Waals surface area contributed by atoms with Crippen LogP contribution >= 0.6 is 0 Å². The molecule has 7 aliphatic rings. The van der Waals surface area contributed by atoms with Crippen LogP contribution in [0.15, 0.2) is 11.6 Å². The van der Waals surface area contributed by atoms with Crippen molar-refractivity contribution in [3.8, 4) is 0 Å². The van der Waals surface area contributed by atoms with Gasteiger partial charge in [-0.25, -0.2) is 4.79 Å².